The van der Waals surface area contributed by atoms with E-state index in [-0.39, 0.29) is 11.1 Å². The zero-order valence-corrected chi connectivity index (χ0v) is 13.6. The van der Waals surface area contributed by atoms with Crippen molar-refractivity contribution in [3.05, 3.63) is 70.8 Å². The van der Waals surface area contributed by atoms with Gasteiger partial charge < -0.3 is 4.74 Å². The van der Waals surface area contributed by atoms with Gasteiger partial charge in [0.1, 0.15) is 0 Å². The largest absolute Gasteiger partial charge is 0.417 e. The second kappa shape index (κ2) is 7.37. The highest BCUT2D eigenvalue weighted by molar-refractivity contribution is 6.10. The van der Waals surface area contributed by atoms with Crippen LogP contribution in [0.2, 0.25) is 0 Å². The molecule has 1 saturated heterocycles. The maximum atomic E-state index is 13.1. The van der Waals surface area contributed by atoms with Gasteiger partial charge in [0.15, 0.2) is 5.78 Å². The van der Waals surface area contributed by atoms with Crippen molar-refractivity contribution in [1.29, 1.82) is 0 Å². The van der Waals surface area contributed by atoms with Crippen molar-refractivity contribution in [2.75, 3.05) is 26.3 Å². The maximum absolute atomic E-state index is 13.1. The first kappa shape index (κ1) is 17.6. The summed E-state index contributed by atoms with van der Waals surface area (Å²) in [7, 11) is 0. The van der Waals surface area contributed by atoms with Crippen LogP contribution in [0.1, 0.15) is 27.0 Å². The van der Waals surface area contributed by atoms with Crippen LogP contribution in [0.4, 0.5) is 13.2 Å². The molecule has 2 aromatic rings. The second-order valence-corrected chi connectivity index (χ2v) is 5.96. The van der Waals surface area contributed by atoms with Crippen LogP contribution in [0.15, 0.2) is 48.5 Å². The summed E-state index contributed by atoms with van der Waals surface area (Å²) in [5.74, 6) is -0.614. The van der Waals surface area contributed by atoms with Crippen LogP contribution in [0.5, 0.6) is 0 Å². The molecule has 0 atom stereocenters. The first-order chi connectivity index (χ1) is 11.9. The van der Waals surface area contributed by atoms with E-state index in [2.05, 4.69) is 4.90 Å². The highest BCUT2D eigenvalue weighted by atomic mass is 19.4. The van der Waals surface area contributed by atoms with Gasteiger partial charge in [-0.2, -0.15) is 13.2 Å². The SMILES string of the molecule is O=C(c1cccc(CN2CCOCC2)c1)c1ccccc1C(F)(F)F. The summed E-state index contributed by atoms with van der Waals surface area (Å²) in [6.45, 7) is 3.57. The molecule has 0 radical (unpaired) electrons. The second-order valence-electron chi connectivity index (χ2n) is 5.96. The molecule has 0 amide bonds. The Bertz CT molecular complexity index is 752. The van der Waals surface area contributed by atoms with Gasteiger partial charge in [0.2, 0.25) is 0 Å². The van der Waals surface area contributed by atoms with E-state index in [4.69, 9.17) is 4.74 Å². The molecule has 0 N–H and O–H groups in total. The van der Waals surface area contributed by atoms with Crippen molar-refractivity contribution in [3.8, 4) is 0 Å². The third-order valence-corrected chi connectivity index (χ3v) is 4.18. The summed E-state index contributed by atoms with van der Waals surface area (Å²) < 4.78 is 44.7. The highest BCUT2D eigenvalue weighted by Gasteiger charge is 2.35. The number of rotatable bonds is 4. The molecule has 25 heavy (non-hydrogen) atoms. The lowest BCUT2D eigenvalue weighted by molar-refractivity contribution is -0.137. The van der Waals surface area contributed by atoms with Crippen molar-refractivity contribution in [2.45, 2.75) is 12.7 Å². The molecule has 0 unspecified atom stereocenters. The van der Waals surface area contributed by atoms with E-state index in [1.54, 1.807) is 18.2 Å². The predicted octanol–water partition coefficient (Wildman–Crippen LogP) is 3.77. The average Bonchev–Trinajstić information content (AvgIpc) is 2.61. The number of carbonyl (C=O) groups is 1. The standard InChI is InChI=1S/C19H18F3NO2/c20-19(21,22)17-7-2-1-6-16(17)18(24)15-5-3-4-14(12-15)13-23-8-10-25-11-9-23/h1-7,12H,8-11,13H2. The van der Waals surface area contributed by atoms with Gasteiger partial charge in [-0.05, 0) is 17.7 Å². The quantitative estimate of drug-likeness (QED) is 0.787. The molecule has 3 nitrogen and oxygen atoms in total. The number of alkyl halides is 3. The lowest BCUT2D eigenvalue weighted by atomic mass is 9.97. The summed E-state index contributed by atoms with van der Waals surface area (Å²) in [5, 5.41) is 0. The molecule has 2 aromatic carbocycles. The number of ether oxygens (including phenoxy) is 1. The Kier molecular flexibility index (Phi) is 5.20. The van der Waals surface area contributed by atoms with Crippen LogP contribution in [0.3, 0.4) is 0 Å². The fourth-order valence-corrected chi connectivity index (χ4v) is 2.91. The Hall–Kier alpha value is -2.18. The van der Waals surface area contributed by atoms with Crippen LogP contribution in [-0.4, -0.2) is 37.0 Å². The zero-order chi connectivity index (χ0) is 17.9. The fraction of sp³-hybridized carbons (Fsp3) is 0.316. The molecule has 1 heterocycles. The third kappa shape index (κ3) is 4.27. The normalized spacial score (nSPS) is 16.0. The topological polar surface area (TPSA) is 29.5 Å². The van der Waals surface area contributed by atoms with Crippen molar-refractivity contribution in [2.24, 2.45) is 0 Å². The van der Waals surface area contributed by atoms with Gasteiger partial charge in [-0.25, -0.2) is 0 Å². The summed E-state index contributed by atoms with van der Waals surface area (Å²) in [6.07, 6.45) is -4.56. The number of nitrogens with zero attached hydrogens (tertiary/aromatic N) is 1. The molecule has 1 fully saturated rings. The van der Waals surface area contributed by atoms with Gasteiger partial charge in [0.25, 0.3) is 0 Å². The Balaban J connectivity index is 1.85. The van der Waals surface area contributed by atoms with Gasteiger partial charge >= 0.3 is 6.18 Å². The number of ketones is 1. The predicted molar refractivity (Wildman–Crippen MR) is 87.4 cm³/mol. The summed E-state index contributed by atoms with van der Waals surface area (Å²) in [4.78, 5) is 14.8. The summed E-state index contributed by atoms with van der Waals surface area (Å²) in [5.41, 5.74) is -0.0585. The van der Waals surface area contributed by atoms with E-state index >= 15 is 0 Å². The number of halogens is 3. The van der Waals surface area contributed by atoms with E-state index in [9.17, 15) is 18.0 Å². The number of benzene rings is 2. The molecule has 3 rings (SSSR count). The van der Waals surface area contributed by atoms with Crippen molar-refractivity contribution in [3.63, 3.8) is 0 Å². The van der Waals surface area contributed by atoms with Gasteiger partial charge in [-0.3, -0.25) is 9.69 Å². The molecule has 0 aliphatic carbocycles. The van der Waals surface area contributed by atoms with Crippen LogP contribution in [0.25, 0.3) is 0 Å². The summed E-state index contributed by atoms with van der Waals surface area (Å²) >= 11 is 0. The Morgan fingerprint density at radius 1 is 1.04 bits per heavy atom. The minimum Gasteiger partial charge on any atom is -0.379 e. The van der Waals surface area contributed by atoms with Crippen LogP contribution in [0, 0.1) is 0 Å². The highest BCUT2D eigenvalue weighted by Crippen LogP contribution is 2.32. The van der Waals surface area contributed by atoms with Crippen molar-refractivity contribution in [1.82, 2.24) is 4.90 Å². The van der Waals surface area contributed by atoms with E-state index in [1.807, 2.05) is 6.07 Å². The molecule has 0 saturated carbocycles. The number of morpholine rings is 1. The molecule has 6 heteroatoms. The third-order valence-electron chi connectivity index (χ3n) is 4.18. The molecule has 0 spiro atoms. The van der Waals surface area contributed by atoms with Gasteiger partial charge in [0, 0.05) is 30.8 Å². The van der Waals surface area contributed by atoms with Crippen molar-refractivity contribution >= 4 is 5.78 Å². The van der Waals surface area contributed by atoms with Crippen molar-refractivity contribution < 1.29 is 22.7 Å². The molecule has 0 bridgehead atoms. The fourth-order valence-electron chi connectivity index (χ4n) is 2.91. The molecular formula is C19H18F3NO2. The van der Waals surface area contributed by atoms with E-state index < -0.39 is 17.5 Å². The van der Waals surface area contributed by atoms with Gasteiger partial charge in [0.05, 0.1) is 18.8 Å². The van der Waals surface area contributed by atoms with E-state index in [1.165, 1.54) is 18.2 Å². The monoisotopic (exact) mass is 349 g/mol. The lowest BCUT2D eigenvalue weighted by Crippen LogP contribution is -2.35. The maximum Gasteiger partial charge on any atom is 0.417 e. The van der Waals surface area contributed by atoms with Gasteiger partial charge in [-0.15, -0.1) is 0 Å². The molecular weight excluding hydrogens is 331 g/mol. The molecule has 1 aliphatic rings. The minimum atomic E-state index is -4.56. The Morgan fingerprint density at radius 3 is 2.48 bits per heavy atom. The van der Waals surface area contributed by atoms with E-state index in [0.29, 0.717) is 19.8 Å². The van der Waals surface area contributed by atoms with Gasteiger partial charge in [-0.1, -0.05) is 36.4 Å². The smallest absolute Gasteiger partial charge is 0.379 e. The summed E-state index contributed by atoms with van der Waals surface area (Å²) in [6, 6.07) is 11.7. The van der Waals surface area contributed by atoms with E-state index in [0.717, 1.165) is 24.7 Å². The Labute approximate surface area is 144 Å². The molecule has 0 aromatic heterocycles. The number of hydrogen-bond acceptors (Lipinski definition) is 3. The lowest BCUT2D eigenvalue weighted by Gasteiger charge is -2.26. The number of carbonyl (C=O) groups excluding carboxylic acids is 1. The Morgan fingerprint density at radius 2 is 1.76 bits per heavy atom. The van der Waals surface area contributed by atoms with Crippen LogP contribution < -0.4 is 0 Å². The number of hydrogen-bond donors (Lipinski definition) is 0. The van der Waals surface area contributed by atoms with Crippen LogP contribution >= 0.6 is 0 Å². The minimum absolute atomic E-state index is 0.266. The first-order valence-electron chi connectivity index (χ1n) is 8.05. The molecule has 132 valence electrons. The van der Waals surface area contributed by atoms with Crippen LogP contribution in [-0.2, 0) is 17.5 Å². The average molecular weight is 349 g/mol. The first-order valence-corrected chi connectivity index (χ1v) is 8.05. The zero-order valence-electron chi connectivity index (χ0n) is 13.6. The molecule has 1 aliphatic heterocycles.